The molecule has 0 fully saturated rings. The van der Waals surface area contributed by atoms with Crippen molar-refractivity contribution in [1.29, 1.82) is 0 Å². The average molecular weight is 211 g/mol. The fourth-order valence-electron chi connectivity index (χ4n) is 0.973. The standard InChI is InChI=1S/C8H13N5O2/c1-3-9-7(14)5(2)12-8(15)6-10-4-11-13-6/h4-5H,3H2,1-2H3,(H,9,14)(H,12,15)(H,10,11,13). The van der Waals surface area contributed by atoms with E-state index in [1.807, 2.05) is 6.92 Å². The maximum absolute atomic E-state index is 11.4. The Morgan fingerprint density at radius 3 is 2.87 bits per heavy atom. The average Bonchev–Trinajstić information content (AvgIpc) is 2.70. The molecule has 0 aliphatic carbocycles. The maximum Gasteiger partial charge on any atom is 0.289 e. The van der Waals surface area contributed by atoms with Gasteiger partial charge in [0, 0.05) is 6.54 Å². The van der Waals surface area contributed by atoms with Gasteiger partial charge in [0.2, 0.25) is 11.7 Å². The molecule has 1 aromatic heterocycles. The van der Waals surface area contributed by atoms with Crippen LogP contribution in [-0.4, -0.2) is 39.6 Å². The van der Waals surface area contributed by atoms with Gasteiger partial charge in [0.05, 0.1) is 0 Å². The second-order valence-electron chi connectivity index (χ2n) is 2.92. The smallest absolute Gasteiger partial charge is 0.289 e. The number of H-pyrrole nitrogens is 1. The van der Waals surface area contributed by atoms with Crippen LogP contribution in [0.15, 0.2) is 6.33 Å². The molecule has 2 amide bonds. The van der Waals surface area contributed by atoms with Gasteiger partial charge in [0.15, 0.2) is 0 Å². The SMILES string of the molecule is CCNC(=O)C(C)NC(=O)c1ncn[nH]1. The van der Waals surface area contributed by atoms with Crippen LogP contribution >= 0.6 is 0 Å². The molecule has 3 N–H and O–H groups in total. The van der Waals surface area contributed by atoms with E-state index in [1.165, 1.54) is 6.33 Å². The Morgan fingerprint density at radius 2 is 2.33 bits per heavy atom. The molecule has 0 saturated heterocycles. The number of aromatic amines is 1. The number of likely N-dealkylation sites (N-methyl/N-ethyl adjacent to an activating group) is 1. The number of nitrogens with zero attached hydrogens (tertiary/aromatic N) is 2. The van der Waals surface area contributed by atoms with Gasteiger partial charge in [-0.15, -0.1) is 0 Å². The number of hydrogen-bond acceptors (Lipinski definition) is 4. The molecule has 0 aliphatic heterocycles. The summed E-state index contributed by atoms with van der Waals surface area (Å²) in [6.07, 6.45) is 1.23. The molecule has 0 aliphatic rings. The van der Waals surface area contributed by atoms with E-state index < -0.39 is 11.9 Å². The lowest BCUT2D eigenvalue weighted by molar-refractivity contribution is -0.122. The van der Waals surface area contributed by atoms with Crippen molar-refractivity contribution in [2.24, 2.45) is 0 Å². The third-order valence-corrected chi connectivity index (χ3v) is 1.72. The van der Waals surface area contributed by atoms with Crippen molar-refractivity contribution in [1.82, 2.24) is 25.8 Å². The molecule has 1 atom stereocenters. The summed E-state index contributed by atoms with van der Waals surface area (Å²) < 4.78 is 0. The number of amides is 2. The fourth-order valence-corrected chi connectivity index (χ4v) is 0.973. The van der Waals surface area contributed by atoms with Crippen molar-refractivity contribution >= 4 is 11.8 Å². The Bertz CT molecular complexity index is 335. The first-order valence-electron chi connectivity index (χ1n) is 4.59. The lowest BCUT2D eigenvalue weighted by atomic mass is 10.3. The minimum Gasteiger partial charge on any atom is -0.355 e. The summed E-state index contributed by atoms with van der Waals surface area (Å²) in [5.41, 5.74) is 0. The zero-order chi connectivity index (χ0) is 11.3. The Balaban J connectivity index is 2.48. The molecule has 0 radical (unpaired) electrons. The van der Waals surface area contributed by atoms with E-state index in [0.29, 0.717) is 6.54 Å². The molecular formula is C8H13N5O2. The number of aromatic nitrogens is 3. The molecule has 1 heterocycles. The Kier molecular flexibility index (Phi) is 3.78. The van der Waals surface area contributed by atoms with E-state index in [4.69, 9.17) is 0 Å². The third kappa shape index (κ3) is 3.04. The Morgan fingerprint density at radius 1 is 1.60 bits per heavy atom. The van der Waals surface area contributed by atoms with Crippen molar-refractivity contribution in [3.63, 3.8) is 0 Å². The highest BCUT2D eigenvalue weighted by atomic mass is 16.2. The van der Waals surface area contributed by atoms with Crippen molar-refractivity contribution in [3.8, 4) is 0 Å². The van der Waals surface area contributed by atoms with Gasteiger partial charge >= 0.3 is 0 Å². The summed E-state index contributed by atoms with van der Waals surface area (Å²) in [6, 6.07) is -0.595. The predicted octanol–water partition coefficient (Wildman–Crippen LogP) is -0.941. The number of carbonyl (C=O) groups excluding carboxylic acids is 2. The largest absolute Gasteiger partial charge is 0.355 e. The van der Waals surface area contributed by atoms with Crippen molar-refractivity contribution in [3.05, 3.63) is 12.2 Å². The fraction of sp³-hybridized carbons (Fsp3) is 0.500. The zero-order valence-corrected chi connectivity index (χ0v) is 8.57. The van der Waals surface area contributed by atoms with Gasteiger partial charge in [-0.3, -0.25) is 14.7 Å². The summed E-state index contributed by atoms with van der Waals surface area (Å²) in [6.45, 7) is 3.93. The zero-order valence-electron chi connectivity index (χ0n) is 8.57. The summed E-state index contributed by atoms with van der Waals surface area (Å²) in [5, 5.41) is 11.0. The van der Waals surface area contributed by atoms with E-state index in [1.54, 1.807) is 6.92 Å². The van der Waals surface area contributed by atoms with Crippen molar-refractivity contribution in [2.75, 3.05) is 6.54 Å². The summed E-state index contributed by atoms with van der Waals surface area (Å²) in [4.78, 5) is 26.3. The van der Waals surface area contributed by atoms with Crippen molar-refractivity contribution < 1.29 is 9.59 Å². The summed E-state index contributed by atoms with van der Waals surface area (Å²) in [5.74, 6) is -0.595. The van der Waals surface area contributed by atoms with Crippen LogP contribution in [0.5, 0.6) is 0 Å². The number of carbonyl (C=O) groups is 2. The van der Waals surface area contributed by atoms with Gasteiger partial charge in [-0.1, -0.05) is 0 Å². The molecule has 15 heavy (non-hydrogen) atoms. The van der Waals surface area contributed by atoms with Crippen LogP contribution in [0.25, 0.3) is 0 Å². The second-order valence-corrected chi connectivity index (χ2v) is 2.92. The maximum atomic E-state index is 11.4. The van der Waals surface area contributed by atoms with Crippen LogP contribution < -0.4 is 10.6 Å². The first kappa shape index (κ1) is 11.2. The Hall–Kier alpha value is -1.92. The van der Waals surface area contributed by atoms with Crippen LogP contribution in [0.3, 0.4) is 0 Å². The normalized spacial score (nSPS) is 11.9. The van der Waals surface area contributed by atoms with E-state index in [2.05, 4.69) is 25.8 Å². The molecule has 0 saturated carbocycles. The van der Waals surface area contributed by atoms with Crippen LogP contribution in [0.2, 0.25) is 0 Å². The number of nitrogens with one attached hydrogen (secondary N) is 3. The molecule has 1 unspecified atom stereocenters. The molecule has 0 bridgehead atoms. The molecular weight excluding hydrogens is 198 g/mol. The molecule has 7 heteroatoms. The lowest BCUT2D eigenvalue weighted by Crippen LogP contribution is -2.45. The van der Waals surface area contributed by atoms with Crippen molar-refractivity contribution in [2.45, 2.75) is 19.9 Å². The number of hydrogen-bond donors (Lipinski definition) is 3. The van der Waals surface area contributed by atoms with Crippen LogP contribution in [0.4, 0.5) is 0 Å². The van der Waals surface area contributed by atoms with E-state index in [-0.39, 0.29) is 11.7 Å². The van der Waals surface area contributed by atoms with Crippen LogP contribution in [-0.2, 0) is 4.79 Å². The van der Waals surface area contributed by atoms with E-state index >= 15 is 0 Å². The molecule has 1 aromatic rings. The van der Waals surface area contributed by atoms with Gasteiger partial charge < -0.3 is 10.6 Å². The van der Waals surface area contributed by atoms with Gasteiger partial charge in [-0.2, -0.15) is 5.10 Å². The summed E-state index contributed by atoms with van der Waals surface area (Å²) >= 11 is 0. The number of rotatable bonds is 4. The van der Waals surface area contributed by atoms with Gasteiger partial charge in [0.1, 0.15) is 12.4 Å². The first-order valence-corrected chi connectivity index (χ1v) is 4.59. The monoisotopic (exact) mass is 211 g/mol. The topological polar surface area (TPSA) is 99.8 Å². The van der Waals surface area contributed by atoms with Gasteiger partial charge in [0.25, 0.3) is 5.91 Å². The summed E-state index contributed by atoms with van der Waals surface area (Å²) in [7, 11) is 0. The highest BCUT2D eigenvalue weighted by molar-refractivity contribution is 5.94. The van der Waals surface area contributed by atoms with Crippen LogP contribution in [0, 0.1) is 0 Å². The minimum atomic E-state index is -0.595. The van der Waals surface area contributed by atoms with E-state index in [9.17, 15) is 9.59 Å². The quantitative estimate of drug-likeness (QED) is 0.598. The van der Waals surface area contributed by atoms with Gasteiger partial charge in [-0.05, 0) is 13.8 Å². The minimum absolute atomic E-state index is 0.0890. The Labute approximate surface area is 86.7 Å². The molecule has 82 valence electrons. The van der Waals surface area contributed by atoms with Gasteiger partial charge in [-0.25, -0.2) is 4.98 Å². The molecule has 7 nitrogen and oxygen atoms in total. The van der Waals surface area contributed by atoms with E-state index in [0.717, 1.165) is 0 Å². The third-order valence-electron chi connectivity index (χ3n) is 1.72. The molecule has 1 rings (SSSR count). The lowest BCUT2D eigenvalue weighted by Gasteiger charge is -2.11. The molecule has 0 spiro atoms. The predicted molar refractivity (Wildman–Crippen MR) is 52.0 cm³/mol. The highest BCUT2D eigenvalue weighted by Gasteiger charge is 2.16. The van der Waals surface area contributed by atoms with Crippen LogP contribution in [0.1, 0.15) is 24.5 Å². The second kappa shape index (κ2) is 5.08. The molecule has 0 aromatic carbocycles. The first-order chi connectivity index (χ1) is 7.15. The highest BCUT2D eigenvalue weighted by Crippen LogP contribution is 1.88.